The zero-order valence-corrected chi connectivity index (χ0v) is 19.2. The summed E-state index contributed by atoms with van der Waals surface area (Å²) < 4.78 is 30.2. The molecule has 30 heavy (non-hydrogen) atoms. The van der Waals surface area contributed by atoms with E-state index in [0.29, 0.717) is 31.8 Å². The minimum atomic E-state index is -3.47. The third-order valence-corrected chi connectivity index (χ3v) is 7.73. The topological polar surface area (TPSA) is 110 Å². The average molecular weight is 457 g/mol. The number of nitrogens with zero attached hydrogens (tertiary/aromatic N) is 5. The van der Waals surface area contributed by atoms with E-state index in [1.807, 2.05) is 31.4 Å². The SMILES string of the molecule is CC(C)NC(=O)Cn1nc(C2CCN(S(=O)(=O)N(C)C)CC2)n(-c2cccs2)c1=O. The molecule has 1 aliphatic rings. The largest absolute Gasteiger partial charge is 0.352 e. The van der Waals surface area contributed by atoms with Crippen LogP contribution in [0.15, 0.2) is 22.3 Å². The molecule has 0 bridgehead atoms. The maximum Gasteiger partial charge on any atom is 0.351 e. The van der Waals surface area contributed by atoms with Crippen molar-refractivity contribution in [3.8, 4) is 5.00 Å². The predicted molar refractivity (Wildman–Crippen MR) is 115 cm³/mol. The van der Waals surface area contributed by atoms with E-state index in [-0.39, 0.29) is 30.1 Å². The van der Waals surface area contributed by atoms with Gasteiger partial charge in [-0.1, -0.05) is 0 Å². The number of piperidine rings is 1. The van der Waals surface area contributed by atoms with Crippen LogP contribution in [-0.2, 0) is 21.5 Å². The van der Waals surface area contributed by atoms with Gasteiger partial charge in [-0.15, -0.1) is 11.3 Å². The highest BCUT2D eigenvalue weighted by atomic mass is 32.2. The highest BCUT2D eigenvalue weighted by molar-refractivity contribution is 7.86. The van der Waals surface area contributed by atoms with E-state index >= 15 is 0 Å². The van der Waals surface area contributed by atoms with Gasteiger partial charge >= 0.3 is 5.69 Å². The summed E-state index contributed by atoms with van der Waals surface area (Å²) in [5.41, 5.74) is -0.366. The van der Waals surface area contributed by atoms with Crippen molar-refractivity contribution in [1.82, 2.24) is 28.3 Å². The summed E-state index contributed by atoms with van der Waals surface area (Å²) in [6.45, 7) is 4.25. The van der Waals surface area contributed by atoms with Gasteiger partial charge in [-0.25, -0.2) is 14.0 Å². The molecule has 1 fully saturated rings. The first-order chi connectivity index (χ1) is 14.1. The summed E-state index contributed by atoms with van der Waals surface area (Å²) in [6, 6.07) is 3.65. The molecule has 1 amide bonds. The van der Waals surface area contributed by atoms with Gasteiger partial charge in [0.15, 0.2) is 0 Å². The molecule has 0 aliphatic carbocycles. The number of nitrogens with one attached hydrogen (secondary N) is 1. The lowest BCUT2D eigenvalue weighted by molar-refractivity contribution is -0.122. The van der Waals surface area contributed by atoms with Crippen molar-refractivity contribution in [3.63, 3.8) is 0 Å². The summed E-state index contributed by atoms with van der Waals surface area (Å²) in [5.74, 6) is 0.214. The third-order valence-electron chi connectivity index (χ3n) is 4.94. The molecule has 2 aromatic rings. The highest BCUT2D eigenvalue weighted by Gasteiger charge is 2.33. The van der Waals surface area contributed by atoms with Crippen molar-refractivity contribution >= 4 is 27.5 Å². The van der Waals surface area contributed by atoms with Crippen LogP contribution in [0.3, 0.4) is 0 Å². The number of rotatable bonds is 7. The first-order valence-corrected chi connectivity index (χ1v) is 12.1. The molecule has 166 valence electrons. The Hall–Kier alpha value is -2.02. The molecule has 0 atom stereocenters. The van der Waals surface area contributed by atoms with Gasteiger partial charge in [0.25, 0.3) is 10.2 Å². The molecule has 0 spiro atoms. The van der Waals surface area contributed by atoms with Crippen molar-refractivity contribution in [3.05, 3.63) is 33.8 Å². The minimum Gasteiger partial charge on any atom is -0.352 e. The summed E-state index contributed by atoms with van der Waals surface area (Å²) >= 11 is 1.42. The lowest BCUT2D eigenvalue weighted by Crippen LogP contribution is -2.44. The zero-order chi connectivity index (χ0) is 22.1. The molecule has 0 aromatic carbocycles. The molecule has 12 heteroatoms. The van der Waals surface area contributed by atoms with Crippen LogP contribution < -0.4 is 11.0 Å². The fourth-order valence-corrected chi connectivity index (χ4v) is 5.34. The molecule has 3 heterocycles. The van der Waals surface area contributed by atoms with Gasteiger partial charge in [0.2, 0.25) is 5.91 Å². The van der Waals surface area contributed by atoms with Crippen molar-refractivity contribution < 1.29 is 13.2 Å². The fraction of sp³-hybridized carbons (Fsp3) is 0.611. The van der Waals surface area contributed by atoms with Crippen LogP contribution in [-0.4, -0.2) is 70.5 Å². The summed E-state index contributed by atoms with van der Waals surface area (Å²) in [6.07, 6.45) is 1.10. The van der Waals surface area contributed by atoms with Gasteiger partial charge < -0.3 is 5.32 Å². The van der Waals surface area contributed by atoms with E-state index in [1.165, 1.54) is 38.7 Å². The van der Waals surface area contributed by atoms with Crippen LogP contribution in [0.5, 0.6) is 0 Å². The Balaban J connectivity index is 1.88. The van der Waals surface area contributed by atoms with Gasteiger partial charge in [0, 0.05) is 39.1 Å². The quantitative estimate of drug-likeness (QED) is 0.656. The van der Waals surface area contributed by atoms with E-state index in [1.54, 1.807) is 4.57 Å². The van der Waals surface area contributed by atoms with E-state index in [4.69, 9.17) is 0 Å². The number of amides is 1. The Morgan fingerprint density at radius 2 is 2.00 bits per heavy atom. The lowest BCUT2D eigenvalue weighted by atomic mass is 9.97. The van der Waals surface area contributed by atoms with Crippen LogP contribution in [0, 0.1) is 0 Å². The van der Waals surface area contributed by atoms with Gasteiger partial charge in [-0.3, -0.25) is 4.79 Å². The number of hydrogen-bond donors (Lipinski definition) is 1. The van der Waals surface area contributed by atoms with E-state index in [2.05, 4.69) is 10.4 Å². The molecule has 3 rings (SSSR count). The van der Waals surface area contributed by atoms with E-state index < -0.39 is 10.2 Å². The number of hydrogen-bond acceptors (Lipinski definition) is 6. The van der Waals surface area contributed by atoms with Crippen molar-refractivity contribution in [2.24, 2.45) is 0 Å². The molecule has 0 radical (unpaired) electrons. The normalized spacial score (nSPS) is 16.5. The van der Waals surface area contributed by atoms with Gasteiger partial charge in [0.05, 0.1) is 0 Å². The van der Waals surface area contributed by atoms with Crippen LogP contribution in [0.1, 0.15) is 38.4 Å². The first-order valence-electron chi connectivity index (χ1n) is 9.82. The number of thiophene rings is 1. The molecule has 0 unspecified atom stereocenters. The Morgan fingerprint density at radius 3 is 2.53 bits per heavy atom. The highest BCUT2D eigenvalue weighted by Crippen LogP contribution is 2.30. The molecule has 10 nitrogen and oxygen atoms in total. The monoisotopic (exact) mass is 456 g/mol. The van der Waals surface area contributed by atoms with Crippen LogP contribution in [0.4, 0.5) is 0 Å². The number of carbonyl (C=O) groups is 1. The average Bonchev–Trinajstić information content (AvgIpc) is 3.29. The maximum absolute atomic E-state index is 13.0. The van der Waals surface area contributed by atoms with E-state index in [0.717, 1.165) is 5.00 Å². The second kappa shape index (κ2) is 9.00. The van der Waals surface area contributed by atoms with Gasteiger partial charge in [-0.2, -0.15) is 22.1 Å². The second-order valence-electron chi connectivity index (χ2n) is 7.77. The molecular weight excluding hydrogens is 428 g/mol. The summed E-state index contributed by atoms with van der Waals surface area (Å²) in [5, 5.41) is 9.87. The van der Waals surface area contributed by atoms with Crippen LogP contribution >= 0.6 is 11.3 Å². The Morgan fingerprint density at radius 1 is 1.33 bits per heavy atom. The third kappa shape index (κ3) is 4.66. The first kappa shape index (κ1) is 22.7. The number of aromatic nitrogens is 3. The lowest BCUT2D eigenvalue weighted by Gasteiger charge is -2.32. The molecular formula is C18H28N6O4S2. The smallest absolute Gasteiger partial charge is 0.351 e. The summed E-state index contributed by atoms with van der Waals surface area (Å²) in [7, 11) is -0.440. The minimum absolute atomic E-state index is 0.0324. The Bertz CT molecular complexity index is 1030. The summed E-state index contributed by atoms with van der Waals surface area (Å²) in [4.78, 5) is 25.2. The van der Waals surface area contributed by atoms with Crippen molar-refractivity contribution in [2.75, 3.05) is 27.2 Å². The van der Waals surface area contributed by atoms with Crippen LogP contribution in [0.2, 0.25) is 0 Å². The zero-order valence-electron chi connectivity index (χ0n) is 17.6. The predicted octanol–water partition coefficient (Wildman–Crippen LogP) is 0.606. The standard InChI is InChI=1S/C18H28N6O4S2/c1-13(2)19-15(25)12-23-18(26)24(16-6-5-11-29-16)17(20-23)14-7-9-22(10-8-14)30(27,28)21(3)4/h5-6,11,13-14H,7-10,12H2,1-4H3,(H,19,25). The van der Waals surface area contributed by atoms with Gasteiger partial charge in [0.1, 0.15) is 17.4 Å². The Kier molecular flexibility index (Phi) is 6.80. The van der Waals surface area contributed by atoms with Crippen molar-refractivity contribution in [1.29, 1.82) is 0 Å². The fourth-order valence-electron chi connectivity index (χ4n) is 3.48. The Labute approximate surface area is 180 Å². The molecule has 1 saturated heterocycles. The molecule has 2 aromatic heterocycles. The molecule has 1 aliphatic heterocycles. The van der Waals surface area contributed by atoms with Crippen LogP contribution in [0.25, 0.3) is 5.00 Å². The van der Waals surface area contributed by atoms with E-state index in [9.17, 15) is 18.0 Å². The second-order valence-corrected chi connectivity index (χ2v) is 10.8. The molecule has 1 N–H and O–H groups in total. The van der Waals surface area contributed by atoms with Gasteiger partial charge in [-0.05, 0) is 44.2 Å². The number of carbonyl (C=O) groups excluding carboxylic acids is 1. The maximum atomic E-state index is 13.0. The molecule has 0 saturated carbocycles. The van der Waals surface area contributed by atoms with Crippen molar-refractivity contribution in [2.45, 2.75) is 45.2 Å².